The van der Waals surface area contributed by atoms with Crippen LogP contribution in [0.3, 0.4) is 0 Å². The molecule has 1 amide bonds. The van der Waals surface area contributed by atoms with Crippen molar-refractivity contribution in [3.05, 3.63) is 39.2 Å². The summed E-state index contributed by atoms with van der Waals surface area (Å²) in [6, 6.07) is 1.82. The summed E-state index contributed by atoms with van der Waals surface area (Å²) in [7, 11) is 1.85. The molecule has 0 N–H and O–H groups in total. The zero-order valence-electron chi connectivity index (χ0n) is 12.7. The maximum Gasteiger partial charge on any atom is 0.289 e. The van der Waals surface area contributed by atoms with Crippen LogP contribution in [0.1, 0.15) is 50.5 Å². The van der Waals surface area contributed by atoms with Crippen molar-refractivity contribution in [3.63, 3.8) is 0 Å². The number of aromatic nitrogens is 1. The molecule has 2 aromatic rings. The lowest BCUT2D eigenvalue weighted by atomic mass is 9.90. The minimum Gasteiger partial charge on any atom is -0.459 e. The molecule has 4 nitrogen and oxygen atoms in total. The average molecular weight is 304 g/mol. The zero-order valence-corrected chi connectivity index (χ0v) is 13.5. The number of likely N-dealkylation sites (N-methyl/N-ethyl adjacent to an activating group) is 1. The monoisotopic (exact) mass is 304 g/mol. The third kappa shape index (κ3) is 2.75. The van der Waals surface area contributed by atoms with E-state index in [0.29, 0.717) is 18.2 Å². The topological polar surface area (TPSA) is 46.3 Å². The summed E-state index contributed by atoms with van der Waals surface area (Å²) in [6.45, 7) is 4.66. The van der Waals surface area contributed by atoms with Crippen molar-refractivity contribution in [3.8, 4) is 0 Å². The smallest absolute Gasteiger partial charge is 0.289 e. The maximum absolute atomic E-state index is 12.4. The number of nitrogens with zero attached hydrogens (tertiary/aromatic N) is 2. The summed E-state index contributed by atoms with van der Waals surface area (Å²) in [5.74, 6) is 0.752. The lowest BCUT2D eigenvalue weighted by molar-refractivity contribution is 0.0750. The van der Waals surface area contributed by atoms with Crippen molar-refractivity contribution < 1.29 is 9.21 Å². The molecule has 1 atom stereocenters. The van der Waals surface area contributed by atoms with Gasteiger partial charge in [-0.1, -0.05) is 0 Å². The minimum atomic E-state index is -0.0448. The first-order valence-electron chi connectivity index (χ1n) is 7.32. The number of hydrogen-bond donors (Lipinski definition) is 0. The molecule has 0 saturated carbocycles. The van der Waals surface area contributed by atoms with Gasteiger partial charge < -0.3 is 9.32 Å². The number of furan rings is 1. The normalized spacial score (nSPS) is 17.6. The molecule has 1 aliphatic carbocycles. The Morgan fingerprint density at radius 2 is 2.33 bits per heavy atom. The summed E-state index contributed by atoms with van der Waals surface area (Å²) in [5, 5.41) is 1.13. The third-order valence-corrected chi connectivity index (χ3v) is 5.12. The number of fused-ring (bicyclic) bond motifs is 1. The Bertz CT molecular complexity index is 659. The van der Waals surface area contributed by atoms with Gasteiger partial charge in [-0.25, -0.2) is 4.98 Å². The Hall–Kier alpha value is -1.62. The number of hydrogen-bond acceptors (Lipinski definition) is 4. The Morgan fingerprint density at radius 3 is 3.05 bits per heavy atom. The van der Waals surface area contributed by atoms with Gasteiger partial charge in [0, 0.05) is 30.0 Å². The number of carbonyl (C=O) groups is 1. The molecular weight excluding hydrogens is 284 g/mol. The van der Waals surface area contributed by atoms with Crippen molar-refractivity contribution in [2.24, 2.45) is 0 Å². The first-order valence-corrected chi connectivity index (χ1v) is 8.13. The van der Waals surface area contributed by atoms with E-state index in [1.807, 2.05) is 20.0 Å². The predicted molar refractivity (Wildman–Crippen MR) is 82.9 cm³/mol. The molecule has 0 aromatic carbocycles. The van der Waals surface area contributed by atoms with E-state index in [-0.39, 0.29) is 5.91 Å². The van der Waals surface area contributed by atoms with Crippen molar-refractivity contribution in [1.29, 1.82) is 0 Å². The average Bonchev–Trinajstić information content (AvgIpc) is 3.03. The van der Waals surface area contributed by atoms with Crippen LogP contribution in [0.2, 0.25) is 0 Å². The minimum absolute atomic E-state index is 0.0448. The molecule has 1 aliphatic rings. The lowest BCUT2D eigenvalue weighted by Crippen LogP contribution is -2.32. The molecule has 0 aliphatic heterocycles. The van der Waals surface area contributed by atoms with Crippen LogP contribution < -0.4 is 0 Å². The van der Waals surface area contributed by atoms with Crippen LogP contribution in [0, 0.1) is 13.8 Å². The van der Waals surface area contributed by atoms with E-state index in [1.165, 1.54) is 17.0 Å². The molecule has 0 bridgehead atoms. The highest BCUT2D eigenvalue weighted by molar-refractivity contribution is 7.11. The number of rotatable bonds is 3. The quantitative estimate of drug-likeness (QED) is 0.871. The van der Waals surface area contributed by atoms with Gasteiger partial charge in [0.15, 0.2) is 5.76 Å². The molecule has 2 heterocycles. The summed E-state index contributed by atoms with van der Waals surface area (Å²) in [5.41, 5.74) is 2.10. The molecule has 0 spiro atoms. The summed E-state index contributed by atoms with van der Waals surface area (Å²) < 4.78 is 5.31. The van der Waals surface area contributed by atoms with E-state index in [4.69, 9.17) is 4.42 Å². The maximum atomic E-state index is 12.4. The number of aryl methyl sites for hydroxylation is 3. The molecule has 0 unspecified atom stereocenters. The fraction of sp³-hybridized carbons (Fsp3) is 0.500. The summed E-state index contributed by atoms with van der Waals surface area (Å²) in [6.07, 6.45) is 4.98. The van der Waals surface area contributed by atoms with Gasteiger partial charge in [-0.15, -0.1) is 11.3 Å². The van der Waals surface area contributed by atoms with Gasteiger partial charge in [0.25, 0.3) is 5.91 Å². The van der Waals surface area contributed by atoms with Crippen LogP contribution in [0.25, 0.3) is 0 Å². The van der Waals surface area contributed by atoms with Crippen LogP contribution in [-0.4, -0.2) is 29.4 Å². The van der Waals surface area contributed by atoms with E-state index in [1.54, 1.807) is 22.5 Å². The molecule has 2 aromatic heterocycles. The number of amides is 1. The second-order valence-electron chi connectivity index (χ2n) is 5.75. The predicted octanol–water partition coefficient (Wildman–Crippen LogP) is 3.55. The molecule has 0 saturated heterocycles. The molecular formula is C16H20N2O2S. The zero-order chi connectivity index (χ0) is 15.0. The van der Waals surface area contributed by atoms with Crippen LogP contribution >= 0.6 is 11.3 Å². The van der Waals surface area contributed by atoms with Crippen molar-refractivity contribution >= 4 is 17.2 Å². The molecule has 0 radical (unpaired) electrons. The highest BCUT2D eigenvalue weighted by Crippen LogP contribution is 2.35. The lowest BCUT2D eigenvalue weighted by Gasteiger charge is -2.26. The van der Waals surface area contributed by atoms with Crippen LogP contribution in [0.4, 0.5) is 0 Å². The second kappa shape index (κ2) is 5.64. The Kier molecular flexibility index (Phi) is 3.85. The highest BCUT2D eigenvalue weighted by atomic mass is 32.1. The molecule has 0 fully saturated rings. The van der Waals surface area contributed by atoms with Crippen LogP contribution in [-0.2, 0) is 6.42 Å². The van der Waals surface area contributed by atoms with Gasteiger partial charge in [-0.3, -0.25) is 4.79 Å². The van der Waals surface area contributed by atoms with Crippen molar-refractivity contribution in [1.82, 2.24) is 9.88 Å². The summed E-state index contributed by atoms with van der Waals surface area (Å²) >= 11 is 1.80. The Balaban J connectivity index is 1.75. The standard InChI is InChI=1S/C16H20N2O2S/c1-10-7-8-20-15(10)16(19)18(3)9-12-5-4-6-13-14(12)17-11(2)21-13/h7-8,12H,4-6,9H2,1-3H3/t12-/m0/s1. The fourth-order valence-electron chi connectivity index (χ4n) is 2.99. The molecule has 112 valence electrons. The fourth-order valence-corrected chi connectivity index (χ4v) is 4.05. The first-order chi connectivity index (χ1) is 10.1. The van der Waals surface area contributed by atoms with Crippen LogP contribution in [0.5, 0.6) is 0 Å². The number of carbonyl (C=O) groups excluding carboxylic acids is 1. The Morgan fingerprint density at radius 1 is 1.52 bits per heavy atom. The van der Waals surface area contributed by atoms with Gasteiger partial charge in [-0.2, -0.15) is 0 Å². The SMILES string of the molecule is Cc1nc2c(s1)CCC[C@H]2CN(C)C(=O)c1occc1C. The Labute approximate surface area is 128 Å². The van der Waals surface area contributed by atoms with Crippen molar-refractivity contribution in [2.45, 2.75) is 39.0 Å². The van der Waals surface area contributed by atoms with E-state index >= 15 is 0 Å². The molecule has 21 heavy (non-hydrogen) atoms. The van der Waals surface area contributed by atoms with E-state index in [2.05, 4.69) is 11.9 Å². The second-order valence-corrected chi connectivity index (χ2v) is 7.04. The molecule has 3 rings (SSSR count). The number of thiazole rings is 1. The van der Waals surface area contributed by atoms with Gasteiger partial charge in [0.2, 0.25) is 0 Å². The highest BCUT2D eigenvalue weighted by Gasteiger charge is 2.27. The van der Waals surface area contributed by atoms with E-state index < -0.39 is 0 Å². The largest absolute Gasteiger partial charge is 0.459 e. The van der Waals surface area contributed by atoms with Gasteiger partial charge in [0.05, 0.1) is 17.0 Å². The van der Waals surface area contributed by atoms with E-state index in [0.717, 1.165) is 23.4 Å². The third-order valence-electron chi connectivity index (χ3n) is 4.07. The van der Waals surface area contributed by atoms with Crippen molar-refractivity contribution in [2.75, 3.05) is 13.6 Å². The van der Waals surface area contributed by atoms with Gasteiger partial charge >= 0.3 is 0 Å². The summed E-state index contributed by atoms with van der Waals surface area (Å²) in [4.78, 5) is 20.3. The van der Waals surface area contributed by atoms with Gasteiger partial charge in [-0.05, 0) is 39.2 Å². The molecule has 5 heteroatoms. The van der Waals surface area contributed by atoms with Crippen LogP contribution in [0.15, 0.2) is 16.7 Å². The van der Waals surface area contributed by atoms with Gasteiger partial charge in [0.1, 0.15) is 0 Å². The first kappa shape index (κ1) is 14.3. The van der Waals surface area contributed by atoms with E-state index in [9.17, 15) is 4.79 Å².